The quantitative estimate of drug-likeness (QED) is 0.725. The summed E-state index contributed by atoms with van der Waals surface area (Å²) in [7, 11) is -2.84. The minimum Gasteiger partial charge on any atom is -0.312 e. The van der Waals surface area contributed by atoms with Gasteiger partial charge in [0.1, 0.15) is 0 Å². The topological polar surface area (TPSA) is 49.4 Å². The largest absolute Gasteiger partial charge is 0.312 e. The Labute approximate surface area is 112 Å². The molecule has 4 nitrogen and oxygen atoms in total. The molecule has 1 heterocycles. The van der Waals surface area contributed by atoms with Crippen molar-refractivity contribution < 1.29 is 8.42 Å². The van der Waals surface area contributed by atoms with Gasteiger partial charge in [-0.15, -0.1) is 0 Å². The molecule has 0 saturated carbocycles. The second kappa shape index (κ2) is 8.12. The third kappa shape index (κ3) is 6.71. The van der Waals surface area contributed by atoms with Crippen LogP contribution in [-0.4, -0.2) is 57.0 Å². The Balaban J connectivity index is 2.14. The standard InChI is InChI=1S/C13H28N2O2S/c1-3-10-18(16,17)11-7-14-13(2)12-15-8-5-4-6-9-15/h13-14H,3-12H2,1-2H3. The first-order valence-electron chi connectivity index (χ1n) is 7.19. The number of nitrogens with zero attached hydrogens (tertiary/aromatic N) is 1. The highest BCUT2D eigenvalue weighted by molar-refractivity contribution is 7.91. The summed E-state index contributed by atoms with van der Waals surface area (Å²) in [6.07, 6.45) is 4.68. The summed E-state index contributed by atoms with van der Waals surface area (Å²) >= 11 is 0. The molecule has 1 unspecified atom stereocenters. The van der Waals surface area contributed by atoms with E-state index in [1.54, 1.807) is 0 Å². The molecule has 1 N–H and O–H groups in total. The maximum atomic E-state index is 11.6. The minimum atomic E-state index is -2.84. The molecule has 1 fully saturated rings. The molecule has 0 aliphatic carbocycles. The first-order chi connectivity index (χ1) is 8.53. The Morgan fingerprint density at radius 2 is 1.83 bits per heavy atom. The normalized spacial score (nSPS) is 19.9. The molecule has 0 bridgehead atoms. The van der Waals surface area contributed by atoms with Crippen LogP contribution in [0.3, 0.4) is 0 Å². The maximum Gasteiger partial charge on any atom is 0.151 e. The molecule has 1 rings (SSSR count). The Hall–Kier alpha value is -0.130. The van der Waals surface area contributed by atoms with Gasteiger partial charge in [0.2, 0.25) is 0 Å². The Kier molecular flexibility index (Phi) is 7.19. The fourth-order valence-electron chi connectivity index (χ4n) is 2.47. The molecule has 0 amide bonds. The van der Waals surface area contributed by atoms with Gasteiger partial charge in [-0.05, 0) is 39.3 Å². The molecule has 5 heteroatoms. The fourth-order valence-corrected chi connectivity index (χ4v) is 3.72. The van der Waals surface area contributed by atoms with Crippen molar-refractivity contribution >= 4 is 9.84 Å². The van der Waals surface area contributed by atoms with Crippen molar-refractivity contribution in [3.8, 4) is 0 Å². The van der Waals surface area contributed by atoms with Crippen LogP contribution in [0.5, 0.6) is 0 Å². The highest BCUT2D eigenvalue weighted by atomic mass is 32.2. The molecule has 18 heavy (non-hydrogen) atoms. The molecule has 0 spiro atoms. The average Bonchev–Trinajstić information content (AvgIpc) is 2.29. The van der Waals surface area contributed by atoms with E-state index in [2.05, 4.69) is 17.1 Å². The van der Waals surface area contributed by atoms with E-state index in [1.807, 2.05) is 6.92 Å². The molecule has 1 saturated heterocycles. The zero-order chi connectivity index (χ0) is 13.4. The summed E-state index contributed by atoms with van der Waals surface area (Å²) in [5.41, 5.74) is 0. The summed E-state index contributed by atoms with van der Waals surface area (Å²) in [6.45, 7) is 8.05. The summed E-state index contributed by atoms with van der Waals surface area (Å²) in [5.74, 6) is 0.584. The molecule has 0 aromatic heterocycles. The molecular weight excluding hydrogens is 248 g/mol. The van der Waals surface area contributed by atoms with Crippen LogP contribution in [0.4, 0.5) is 0 Å². The van der Waals surface area contributed by atoms with E-state index in [0.29, 0.717) is 24.8 Å². The van der Waals surface area contributed by atoms with Gasteiger partial charge in [-0.3, -0.25) is 0 Å². The summed E-state index contributed by atoms with van der Waals surface area (Å²) in [6, 6.07) is 0.375. The van der Waals surface area contributed by atoms with Crippen LogP contribution in [0.1, 0.15) is 39.5 Å². The lowest BCUT2D eigenvalue weighted by molar-refractivity contribution is 0.210. The molecule has 1 atom stereocenters. The van der Waals surface area contributed by atoms with E-state index in [1.165, 1.54) is 32.4 Å². The molecule has 1 aliphatic rings. The predicted octanol–water partition coefficient (Wildman–Crippen LogP) is 1.28. The number of sulfone groups is 1. The number of likely N-dealkylation sites (tertiary alicyclic amines) is 1. The lowest BCUT2D eigenvalue weighted by atomic mass is 10.1. The van der Waals surface area contributed by atoms with E-state index in [4.69, 9.17) is 0 Å². The van der Waals surface area contributed by atoms with Gasteiger partial charge in [-0.2, -0.15) is 0 Å². The lowest BCUT2D eigenvalue weighted by Gasteiger charge is -2.29. The van der Waals surface area contributed by atoms with Gasteiger partial charge in [0, 0.05) is 24.9 Å². The van der Waals surface area contributed by atoms with Gasteiger partial charge >= 0.3 is 0 Å². The Morgan fingerprint density at radius 3 is 2.44 bits per heavy atom. The van der Waals surface area contributed by atoms with Crippen LogP contribution in [0.2, 0.25) is 0 Å². The highest BCUT2D eigenvalue weighted by Gasteiger charge is 2.14. The van der Waals surface area contributed by atoms with Gasteiger partial charge in [0.05, 0.1) is 5.75 Å². The maximum absolute atomic E-state index is 11.6. The van der Waals surface area contributed by atoms with Crippen LogP contribution < -0.4 is 5.32 Å². The van der Waals surface area contributed by atoms with Gasteiger partial charge < -0.3 is 10.2 Å². The van der Waals surface area contributed by atoms with Crippen LogP contribution in [0, 0.1) is 0 Å². The van der Waals surface area contributed by atoms with Crippen LogP contribution in [-0.2, 0) is 9.84 Å². The van der Waals surface area contributed by atoms with Crippen molar-refractivity contribution in [2.24, 2.45) is 0 Å². The van der Waals surface area contributed by atoms with Crippen LogP contribution in [0.25, 0.3) is 0 Å². The van der Waals surface area contributed by atoms with Gasteiger partial charge in [0.15, 0.2) is 9.84 Å². The van der Waals surface area contributed by atoms with Crippen LogP contribution in [0.15, 0.2) is 0 Å². The summed E-state index contributed by atoms with van der Waals surface area (Å²) < 4.78 is 23.1. The van der Waals surface area contributed by atoms with Gasteiger partial charge in [-0.1, -0.05) is 13.3 Å². The van der Waals surface area contributed by atoms with Crippen molar-refractivity contribution in [1.29, 1.82) is 0 Å². The third-order valence-corrected chi connectivity index (χ3v) is 5.26. The van der Waals surface area contributed by atoms with E-state index < -0.39 is 9.84 Å². The van der Waals surface area contributed by atoms with Gasteiger partial charge in [-0.25, -0.2) is 8.42 Å². The number of nitrogens with one attached hydrogen (secondary N) is 1. The average molecular weight is 276 g/mol. The SMILES string of the molecule is CCCS(=O)(=O)CCNC(C)CN1CCCCC1. The Bertz CT molecular complexity index is 311. The highest BCUT2D eigenvalue weighted by Crippen LogP contribution is 2.08. The fraction of sp³-hybridized carbons (Fsp3) is 1.00. The van der Waals surface area contributed by atoms with Crippen LogP contribution >= 0.6 is 0 Å². The minimum absolute atomic E-state index is 0.269. The number of piperidine rings is 1. The lowest BCUT2D eigenvalue weighted by Crippen LogP contribution is -2.42. The number of hydrogen-bond acceptors (Lipinski definition) is 4. The van der Waals surface area contributed by atoms with E-state index in [-0.39, 0.29) is 5.75 Å². The second-order valence-electron chi connectivity index (χ2n) is 5.37. The second-order valence-corrected chi connectivity index (χ2v) is 7.67. The molecular formula is C13H28N2O2S. The first kappa shape index (κ1) is 15.9. The third-order valence-electron chi connectivity index (χ3n) is 3.40. The Morgan fingerprint density at radius 1 is 1.17 bits per heavy atom. The number of rotatable bonds is 8. The zero-order valence-corrected chi connectivity index (χ0v) is 12.6. The molecule has 0 aromatic rings. The molecule has 108 valence electrons. The van der Waals surface area contributed by atoms with Crippen molar-refractivity contribution in [2.75, 3.05) is 37.7 Å². The predicted molar refractivity (Wildman–Crippen MR) is 76.7 cm³/mol. The van der Waals surface area contributed by atoms with E-state index in [9.17, 15) is 8.42 Å². The van der Waals surface area contributed by atoms with Crippen molar-refractivity contribution in [1.82, 2.24) is 10.2 Å². The number of hydrogen-bond donors (Lipinski definition) is 1. The molecule has 0 aromatic carbocycles. The van der Waals surface area contributed by atoms with Crippen molar-refractivity contribution in [3.05, 3.63) is 0 Å². The van der Waals surface area contributed by atoms with Crippen molar-refractivity contribution in [3.63, 3.8) is 0 Å². The molecule has 0 radical (unpaired) electrons. The van der Waals surface area contributed by atoms with Gasteiger partial charge in [0.25, 0.3) is 0 Å². The summed E-state index contributed by atoms with van der Waals surface area (Å²) in [4.78, 5) is 2.47. The van der Waals surface area contributed by atoms with E-state index >= 15 is 0 Å². The zero-order valence-electron chi connectivity index (χ0n) is 11.8. The van der Waals surface area contributed by atoms with Crippen molar-refractivity contribution in [2.45, 2.75) is 45.6 Å². The van der Waals surface area contributed by atoms with E-state index in [0.717, 1.165) is 6.54 Å². The smallest absolute Gasteiger partial charge is 0.151 e. The first-order valence-corrected chi connectivity index (χ1v) is 9.02. The monoisotopic (exact) mass is 276 g/mol. The summed E-state index contributed by atoms with van der Waals surface area (Å²) in [5, 5.41) is 3.32. The molecule has 1 aliphatic heterocycles.